The second-order valence-electron chi connectivity index (χ2n) is 2.99. The normalized spacial score (nSPS) is 23.6. The molecule has 2 atom stereocenters. The van der Waals surface area contributed by atoms with Crippen molar-refractivity contribution in [3.63, 3.8) is 0 Å². The lowest BCUT2D eigenvalue weighted by Crippen LogP contribution is -2.32. The molecule has 0 aliphatic carbocycles. The van der Waals surface area contributed by atoms with E-state index in [4.69, 9.17) is 5.11 Å². The van der Waals surface area contributed by atoms with Gasteiger partial charge in [0, 0.05) is 0 Å². The number of amides is 3. The standard InChI is InChI=1S/C7H10N2O4/c1-3(6(11)12)2-4-5(10)9-7(13)8-4/h3-4H,2H2,1H3,(H,11,12)(H2,8,9,10,13)/t3-,4+/m0/s1. The summed E-state index contributed by atoms with van der Waals surface area (Å²) in [6, 6.07) is -1.27. The van der Waals surface area contributed by atoms with Gasteiger partial charge in [0.25, 0.3) is 5.91 Å². The molecule has 0 unspecified atom stereocenters. The molecule has 0 aromatic heterocycles. The fourth-order valence-electron chi connectivity index (χ4n) is 1.08. The molecular formula is C7H10N2O4. The summed E-state index contributed by atoms with van der Waals surface area (Å²) >= 11 is 0. The zero-order valence-electron chi connectivity index (χ0n) is 7.03. The van der Waals surface area contributed by atoms with Crippen LogP contribution in [0.3, 0.4) is 0 Å². The topological polar surface area (TPSA) is 95.5 Å². The fourth-order valence-corrected chi connectivity index (χ4v) is 1.08. The van der Waals surface area contributed by atoms with Crippen molar-refractivity contribution in [3.8, 4) is 0 Å². The number of hydrogen-bond acceptors (Lipinski definition) is 3. The van der Waals surface area contributed by atoms with Crippen molar-refractivity contribution in [1.29, 1.82) is 0 Å². The molecule has 0 saturated carbocycles. The zero-order valence-corrected chi connectivity index (χ0v) is 7.03. The Morgan fingerprint density at radius 3 is 2.62 bits per heavy atom. The van der Waals surface area contributed by atoms with Gasteiger partial charge in [0.15, 0.2) is 0 Å². The molecule has 0 spiro atoms. The Morgan fingerprint density at radius 1 is 1.62 bits per heavy atom. The minimum absolute atomic E-state index is 0.118. The van der Waals surface area contributed by atoms with Gasteiger partial charge in [0.2, 0.25) is 0 Å². The molecule has 6 nitrogen and oxygen atoms in total. The van der Waals surface area contributed by atoms with E-state index in [-0.39, 0.29) is 6.42 Å². The molecule has 1 aliphatic heterocycles. The molecule has 0 aromatic carbocycles. The number of carboxylic acid groups (broad SMARTS) is 1. The molecule has 13 heavy (non-hydrogen) atoms. The first-order valence-electron chi connectivity index (χ1n) is 3.85. The van der Waals surface area contributed by atoms with Crippen molar-refractivity contribution in [2.45, 2.75) is 19.4 Å². The maximum Gasteiger partial charge on any atom is 0.322 e. The first-order chi connectivity index (χ1) is 6.00. The van der Waals surface area contributed by atoms with E-state index in [0.29, 0.717) is 0 Å². The highest BCUT2D eigenvalue weighted by Crippen LogP contribution is 2.08. The molecule has 1 heterocycles. The molecule has 6 heteroatoms. The summed E-state index contributed by atoms with van der Waals surface area (Å²) in [7, 11) is 0. The maximum atomic E-state index is 11.0. The van der Waals surface area contributed by atoms with Gasteiger partial charge in [-0.25, -0.2) is 4.79 Å². The number of imide groups is 1. The summed E-state index contributed by atoms with van der Waals surface area (Å²) in [6.45, 7) is 1.49. The van der Waals surface area contributed by atoms with Crippen molar-refractivity contribution in [3.05, 3.63) is 0 Å². The average Bonchev–Trinajstić information content (AvgIpc) is 2.30. The minimum Gasteiger partial charge on any atom is -0.481 e. The molecule has 1 fully saturated rings. The number of rotatable bonds is 3. The molecule has 0 aromatic rings. The summed E-state index contributed by atoms with van der Waals surface area (Å²) in [5.74, 6) is -2.08. The Kier molecular flexibility index (Phi) is 2.50. The highest BCUT2D eigenvalue weighted by Gasteiger charge is 2.31. The summed E-state index contributed by atoms with van der Waals surface area (Å²) in [5.41, 5.74) is 0. The minimum atomic E-state index is -0.978. The van der Waals surface area contributed by atoms with E-state index in [9.17, 15) is 14.4 Å². The van der Waals surface area contributed by atoms with Crippen LogP contribution < -0.4 is 10.6 Å². The highest BCUT2D eigenvalue weighted by molar-refractivity contribution is 6.04. The molecule has 1 rings (SSSR count). The smallest absolute Gasteiger partial charge is 0.322 e. The molecule has 0 radical (unpaired) electrons. The number of aliphatic carboxylic acids is 1. The van der Waals surface area contributed by atoms with Gasteiger partial charge in [-0.3, -0.25) is 14.9 Å². The van der Waals surface area contributed by atoms with Crippen molar-refractivity contribution >= 4 is 17.9 Å². The van der Waals surface area contributed by atoms with Crippen LogP contribution >= 0.6 is 0 Å². The summed E-state index contributed by atoms with van der Waals surface area (Å²) in [5, 5.41) is 12.9. The summed E-state index contributed by atoms with van der Waals surface area (Å²) in [4.78, 5) is 32.0. The predicted molar refractivity (Wildman–Crippen MR) is 41.9 cm³/mol. The van der Waals surface area contributed by atoms with Crippen LogP contribution in [0.5, 0.6) is 0 Å². The van der Waals surface area contributed by atoms with Gasteiger partial charge in [-0.05, 0) is 6.42 Å². The van der Waals surface area contributed by atoms with Crippen LogP contribution in [0, 0.1) is 5.92 Å². The van der Waals surface area contributed by atoms with Crippen LogP contribution in [0.1, 0.15) is 13.3 Å². The Morgan fingerprint density at radius 2 is 2.23 bits per heavy atom. The van der Waals surface area contributed by atoms with Gasteiger partial charge in [-0.15, -0.1) is 0 Å². The first kappa shape index (κ1) is 9.50. The van der Waals surface area contributed by atoms with Gasteiger partial charge in [0.1, 0.15) is 6.04 Å². The van der Waals surface area contributed by atoms with Crippen molar-refractivity contribution in [2.75, 3.05) is 0 Å². The van der Waals surface area contributed by atoms with Crippen LogP contribution in [0.15, 0.2) is 0 Å². The number of urea groups is 1. The largest absolute Gasteiger partial charge is 0.481 e. The molecule has 0 bridgehead atoms. The second-order valence-corrected chi connectivity index (χ2v) is 2.99. The quantitative estimate of drug-likeness (QED) is 0.508. The third-order valence-electron chi connectivity index (χ3n) is 1.87. The van der Waals surface area contributed by atoms with Crippen LogP contribution in [0.2, 0.25) is 0 Å². The summed E-state index contributed by atoms with van der Waals surface area (Å²) in [6.07, 6.45) is 0.118. The number of hydrogen-bond donors (Lipinski definition) is 3. The van der Waals surface area contributed by atoms with Gasteiger partial charge < -0.3 is 10.4 Å². The lowest BCUT2D eigenvalue weighted by Gasteiger charge is -2.09. The Labute approximate surface area is 74.3 Å². The Hall–Kier alpha value is -1.59. The van der Waals surface area contributed by atoms with Gasteiger partial charge >= 0.3 is 12.0 Å². The Balaban J connectivity index is 2.50. The molecule has 72 valence electrons. The predicted octanol–water partition coefficient (Wildman–Crippen LogP) is -0.695. The van der Waals surface area contributed by atoms with Crippen molar-refractivity contribution in [1.82, 2.24) is 10.6 Å². The van der Waals surface area contributed by atoms with E-state index in [2.05, 4.69) is 5.32 Å². The first-order valence-corrected chi connectivity index (χ1v) is 3.85. The van der Waals surface area contributed by atoms with Gasteiger partial charge in [-0.2, -0.15) is 0 Å². The third kappa shape index (κ3) is 2.17. The monoisotopic (exact) mass is 186 g/mol. The third-order valence-corrected chi connectivity index (χ3v) is 1.87. The molecular weight excluding hydrogens is 176 g/mol. The lowest BCUT2D eigenvalue weighted by molar-refractivity contribution is -0.141. The average molecular weight is 186 g/mol. The number of nitrogens with one attached hydrogen (secondary N) is 2. The number of carboxylic acids is 1. The van der Waals surface area contributed by atoms with Crippen LogP contribution in [-0.2, 0) is 9.59 Å². The van der Waals surface area contributed by atoms with Crippen LogP contribution in [0.25, 0.3) is 0 Å². The molecule has 1 saturated heterocycles. The van der Waals surface area contributed by atoms with Crippen molar-refractivity contribution in [2.24, 2.45) is 5.92 Å². The van der Waals surface area contributed by atoms with Crippen LogP contribution in [-0.4, -0.2) is 29.1 Å². The van der Waals surface area contributed by atoms with Gasteiger partial charge in [0.05, 0.1) is 5.92 Å². The van der Waals surface area contributed by atoms with E-state index >= 15 is 0 Å². The SMILES string of the molecule is C[C@@H](C[C@H]1NC(=O)NC1=O)C(=O)O. The highest BCUT2D eigenvalue weighted by atomic mass is 16.4. The Bertz CT molecular complexity index is 263. The van der Waals surface area contributed by atoms with E-state index in [1.807, 2.05) is 5.32 Å². The summed E-state index contributed by atoms with van der Waals surface area (Å²) < 4.78 is 0. The number of carbonyl (C=O) groups excluding carboxylic acids is 2. The van der Waals surface area contributed by atoms with E-state index in [0.717, 1.165) is 0 Å². The molecule has 3 amide bonds. The molecule has 3 N–H and O–H groups in total. The zero-order chi connectivity index (χ0) is 10.0. The maximum absolute atomic E-state index is 11.0. The van der Waals surface area contributed by atoms with E-state index in [1.165, 1.54) is 6.92 Å². The number of carbonyl (C=O) groups is 3. The fraction of sp³-hybridized carbons (Fsp3) is 0.571. The van der Waals surface area contributed by atoms with E-state index in [1.54, 1.807) is 0 Å². The molecule has 1 aliphatic rings. The van der Waals surface area contributed by atoms with Gasteiger partial charge in [-0.1, -0.05) is 6.92 Å². The van der Waals surface area contributed by atoms with E-state index < -0.39 is 29.9 Å². The lowest BCUT2D eigenvalue weighted by atomic mass is 10.0. The van der Waals surface area contributed by atoms with Crippen LogP contribution in [0.4, 0.5) is 4.79 Å². The second kappa shape index (κ2) is 3.42. The van der Waals surface area contributed by atoms with Crippen molar-refractivity contribution < 1.29 is 19.5 Å².